The number of piperazine rings is 1. The van der Waals surface area contributed by atoms with Crippen LogP contribution in [0.15, 0.2) is 16.7 Å². The lowest BCUT2D eigenvalue weighted by Crippen LogP contribution is -2.59. The van der Waals surface area contributed by atoms with Crippen molar-refractivity contribution in [1.29, 1.82) is 0 Å². The van der Waals surface area contributed by atoms with E-state index < -0.39 is 6.04 Å². The molecule has 0 saturated carbocycles. The normalized spacial score (nSPS) is 19.3. The van der Waals surface area contributed by atoms with Gasteiger partial charge in [-0.1, -0.05) is 0 Å². The minimum atomic E-state index is -0.458. The van der Waals surface area contributed by atoms with Gasteiger partial charge in [0.1, 0.15) is 11.7 Å². The van der Waals surface area contributed by atoms with Crippen molar-refractivity contribution in [3.8, 4) is 0 Å². The minimum absolute atomic E-state index is 0.122. The molecule has 0 spiro atoms. The van der Waals surface area contributed by atoms with Crippen molar-refractivity contribution in [2.45, 2.75) is 6.04 Å². The largest absolute Gasteiger partial charge is 0.357 e. The van der Waals surface area contributed by atoms with Gasteiger partial charge in [0, 0.05) is 44.4 Å². The quantitative estimate of drug-likeness (QED) is 0.799. The van der Waals surface area contributed by atoms with E-state index in [0.717, 1.165) is 4.47 Å². The molecule has 7 heteroatoms. The maximum Gasteiger partial charge on any atom is 0.271 e. The van der Waals surface area contributed by atoms with Gasteiger partial charge in [-0.2, -0.15) is 0 Å². The Bertz CT molecular complexity index is 500. The van der Waals surface area contributed by atoms with E-state index in [4.69, 9.17) is 0 Å². The highest BCUT2D eigenvalue weighted by Crippen LogP contribution is 2.17. The van der Waals surface area contributed by atoms with Gasteiger partial charge in [0.15, 0.2) is 0 Å². The van der Waals surface area contributed by atoms with Crippen LogP contribution in [0.5, 0.6) is 0 Å². The number of aryl methyl sites for hydroxylation is 1. The highest BCUT2D eigenvalue weighted by atomic mass is 79.9. The van der Waals surface area contributed by atoms with E-state index in [9.17, 15) is 9.59 Å². The Morgan fingerprint density at radius 1 is 1.53 bits per heavy atom. The highest BCUT2D eigenvalue weighted by Gasteiger charge is 2.32. The van der Waals surface area contributed by atoms with Gasteiger partial charge in [0.2, 0.25) is 5.91 Å². The van der Waals surface area contributed by atoms with Crippen LogP contribution >= 0.6 is 15.9 Å². The molecule has 1 aliphatic heterocycles. The second-order valence-corrected chi connectivity index (χ2v) is 5.40. The van der Waals surface area contributed by atoms with Gasteiger partial charge in [0.25, 0.3) is 5.91 Å². The van der Waals surface area contributed by atoms with Crippen molar-refractivity contribution in [2.24, 2.45) is 7.05 Å². The molecule has 0 aliphatic carbocycles. The summed E-state index contributed by atoms with van der Waals surface area (Å²) < 4.78 is 2.61. The van der Waals surface area contributed by atoms with E-state index in [0.29, 0.717) is 25.3 Å². The number of carbonyl (C=O) groups excluding carboxylic acids is 2. The van der Waals surface area contributed by atoms with Crippen LogP contribution in [0.25, 0.3) is 0 Å². The van der Waals surface area contributed by atoms with E-state index >= 15 is 0 Å². The molecular weight excluding hydrogens is 312 g/mol. The third kappa shape index (κ3) is 2.82. The molecule has 0 radical (unpaired) electrons. The third-order valence-electron chi connectivity index (χ3n) is 3.24. The molecule has 1 aliphatic rings. The van der Waals surface area contributed by atoms with E-state index in [2.05, 4.69) is 26.6 Å². The summed E-state index contributed by atoms with van der Waals surface area (Å²) in [5.74, 6) is -0.267. The molecule has 2 N–H and O–H groups in total. The molecule has 1 unspecified atom stereocenters. The van der Waals surface area contributed by atoms with Crippen LogP contribution in [0.2, 0.25) is 0 Å². The Labute approximate surface area is 120 Å². The zero-order valence-electron chi connectivity index (χ0n) is 10.9. The smallest absolute Gasteiger partial charge is 0.271 e. The summed E-state index contributed by atoms with van der Waals surface area (Å²) in [5, 5.41) is 5.74. The molecule has 2 amide bonds. The summed E-state index contributed by atoms with van der Waals surface area (Å²) in [7, 11) is 3.40. The van der Waals surface area contributed by atoms with Crippen LogP contribution in [0.3, 0.4) is 0 Å². The van der Waals surface area contributed by atoms with Gasteiger partial charge >= 0.3 is 0 Å². The van der Waals surface area contributed by atoms with Gasteiger partial charge in [-0.3, -0.25) is 9.59 Å². The summed E-state index contributed by atoms with van der Waals surface area (Å²) in [6.45, 7) is 1.71. The van der Waals surface area contributed by atoms with E-state index in [-0.39, 0.29) is 11.8 Å². The maximum absolute atomic E-state index is 12.5. The molecular formula is C12H17BrN4O2. The summed E-state index contributed by atoms with van der Waals surface area (Å²) >= 11 is 3.35. The molecule has 1 saturated heterocycles. The van der Waals surface area contributed by atoms with E-state index in [1.54, 1.807) is 22.6 Å². The fraction of sp³-hybridized carbons (Fsp3) is 0.500. The lowest BCUT2D eigenvalue weighted by Gasteiger charge is -2.34. The number of carbonyl (C=O) groups is 2. The van der Waals surface area contributed by atoms with Crippen molar-refractivity contribution < 1.29 is 9.59 Å². The molecule has 2 heterocycles. The Hall–Kier alpha value is -1.34. The summed E-state index contributed by atoms with van der Waals surface area (Å²) in [5.41, 5.74) is 0.572. The van der Waals surface area contributed by atoms with E-state index in [1.165, 1.54) is 0 Å². The number of hydrogen-bond donors (Lipinski definition) is 2. The average Bonchev–Trinajstić information content (AvgIpc) is 2.76. The van der Waals surface area contributed by atoms with Crippen LogP contribution in [0, 0.1) is 0 Å². The zero-order valence-corrected chi connectivity index (χ0v) is 12.5. The van der Waals surface area contributed by atoms with Crippen LogP contribution in [-0.4, -0.2) is 54.0 Å². The first-order valence-electron chi connectivity index (χ1n) is 6.09. The SMILES string of the molecule is CNC(=O)C1CNCCN1C(=O)c1cc(Br)cn1C. The van der Waals surface area contributed by atoms with Crippen molar-refractivity contribution in [3.63, 3.8) is 0 Å². The third-order valence-corrected chi connectivity index (χ3v) is 3.68. The molecule has 19 heavy (non-hydrogen) atoms. The van der Waals surface area contributed by atoms with Gasteiger partial charge < -0.3 is 20.1 Å². The molecule has 2 rings (SSSR count). The van der Waals surface area contributed by atoms with Crippen LogP contribution in [-0.2, 0) is 11.8 Å². The number of nitrogens with zero attached hydrogens (tertiary/aromatic N) is 2. The number of aromatic nitrogens is 1. The van der Waals surface area contributed by atoms with Crippen molar-refractivity contribution in [3.05, 3.63) is 22.4 Å². The summed E-state index contributed by atoms with van der Waals surface area (Å²) in [6, 6.07) is 1.31. The second kappa shape index (κ2) is 5.75. The van der Waals surface area contributed by atoms with Gasteiger partial charge in [-0.25, -0.2) is 0 Å². The topological polar surface area (TPSA) is 66.4 Å². The standard InChI is InChI=1S/C12H17BrN4O2/c1-14-11(18)10-6-15-3-4-17(10)12(19)9-5-8(13)7-16(9)2/h5,7,10,15H,3-4,6H2,1-2H3,(H,14,18). The Balaban J connectivity index is 2.25. The van der Waals surface area contributed by atoms with Crippen molar-refractivity contribution in [2.75, 3.05) is 26.7 Å². The minimum Gasteiger partial charge on any atom is -0.357 e. The lowest BCUT2D eigenvalue weighted by atomic mass is 10.1. The lowest BCUT2D eigenvalue weighted by molar-refractivity contribution is -0.125. The Kier molecular flexibility index (Phi) is 4.26. The molecule has 1 fully saturated rings. The first-order chi connectivity index (χ1) is 9.04. The average molecular weight is 329 g/mol. The van der Waals surface area contributed by atoms with Crippen molar-refractivity contribution in [1.82, 2.24) is 20.1 Å². The van der Waals surface area contributed by atoms with Crippen LogP contribution in [0.1, 0.15) is 10.5 Å². The predicted molar refractivity (Wildman–Crippen MR) is 74.9 cm³/mol. The number of halogens is 1. The number of amides is 2. The molecule has 1 aromatic heterocycles. The second-order valence-electron chi connectivity index (χ2n) is 4.49. The maximum atomic E-state index is 12.5. The number of hydrogen-bond acceptors (Lipinski definition) is 3. The summed E-state index contributed by atoms with van der Waals surface area (Å²) in [4.78, 5) is 26.0. The van der Waals surface area contributed by atoms with Gasteiger partial charge in [-0.05, 0) is 22.0 Å². The molecule has 104 valence electrons. The fourth-order valence-electron chi connectivity index (χ4n) is 2.23. The van der Waals surface area contributed by atoms with Crippen molar-refractivity contribution >= 4 is 27.7 Å². The van der Waals surface area contributed by atoms with Gasteiger partial charge in [0.05, 0.1) is 0 Å². The van der Waals surface area contributed by atoms with Crippen LogP contribution < -0.4 is 10.6 Å². The fourth-order valence-corrected chi connectivity index (χ4v) is 2.76. The predicted octanol–water partition coefficient (Wildman–Crippen LogP) is -0.0524. The molecule has 0 bridgehead atoms. The molecule has 6 nitrogen and oxygen atoms in total. The highest BCUT2D eigenvalue weighted by molar-refractivity contribution is 9.10. The van der Waals surface area contributed by atoms with Crippen LogP contribution in [0.4, 0.5) is 0 Å². The summed E-state index contributed by atoms with van der Waals surface area (Å²) in [6.07, 6.45) is 1.82. The number of likely N-dealkylation sites (N-methyl/N-ethyl adjacent to an activating group) is 1. The number of rotatable bonds is 2. The Morgan fingerprint density at radius 2 is 2.26 bits per heavy atom. The zero-order chi connectivity index (χ0) is 14.0. The van der Waals surface area contributed by atoms with E-state index in [1.807, 2.05) is 13.2 Å². The van der Waals surface area contributed by atoms with Gasteiger partial charge in [-0.15, -0.1) is 0 Å². The first-order valence-corrected chi connectivity index (χ1v) is 6.89. The Morgan fingerprint density at radius 3 is 2.84 bits per heavy atom. The molecule has 1 atom stereocenters. The monoisotopic (exact) mass is 328 g/mol. The number of nitrogens with one attached hydrogen (secondary N) is 2. The molecule has 1 aromatic rings. The molecule has 0 aromatic carbocycles. The first kappa shape index (κ1) is 14.1.